The molecular weight excluding hydrogens is 408 g/mol. The highest BCUT2D eigenvalue weighted by atomic mass is 35.5. The monoisotopic (exact) mass is 442 g/mol. The molecule has 0 radical (unpaired) electrons. The average molecular weight is 443 g/mol. The molecule has 0 heterocycles. The lowest BCUT2D eigenvalue weighted by atomic mass is 10.0. The van der Waals surface area contributed by atoms with E-state index >= 15 is 0 Å². The van der Waals surface area contributed by atoms with Crippen LogP contribution >= 0.6 is 11.6 Å². The first-order chi connectivity index (χ1) is 14.9. The van der Waals surface area contributed by atoms with E-state index in [1.54, 1.807) is 4.90 Å². The van der Waals surface area contributed by atoms with Crippen LogP contribution < -0.4 is 5.32 Å². The van der Waals surface area contributed by atoms with Crippen LogP contribution in [0.3, 0.4) is 0 Å². The third-order valence-electron chi connectivity index (χ3n) is 5.74. The van der Waals surface area contributed by atoms with Crippen molar-refractivity contribution in [3.63, 3.8) is 0 Å². The molecule has 0 spiro atoms. The third kappa shape index (κ3) is 7.39. The number of hydrogen-bond donors (Lipinski definition) is 1. The molecule has 31 heavy (non-hydrogen) atoms. The summed E-state index contributed by atoms with van der Waals surface area (Å²) in [5.41, 5.74) is 3.25. The van der Waals surface area contributed by atoms with Crippen LogP contribution in [0.15, 0.2) is 48.5 Å². The van der Waals surface area contributed by atoms with E-state index in [1.165, 1.54) is 5.56 Å². The van der Waals surface area contributed by atoms with Crippen LogP contribution in [-0.4, -0.2) is 28.8 Å². The summed E-state index contributed by atoms with van der Waals surface area (Å²) in [5, 5.41) is 3.64. The number of carbonyl (C=O) groups is 2. The molecule has 168 valence electrons. The first-order valence-corrected chi connectivity index (χ1v) is 11.7. The van der Waals surface area contributed by atoms with Crippen molar-refractivity contribution in [3.8, 4) is 0 Å². The lowest BCUT2D eigenvalue weighted by Gasteiger charge is -2.31. The first kappa shape index (κ1) is 24.9. The van der Waals surface area contributed by atoms with Gasteiger partial charge in [0.1, 0.15) is 6.04 Å². The molecule has 0 aliphatic carbocycles. The van der Waals surface area contributed by atoms with Crippen molar-refractivity contribution in [3.05, 3.63) is 70.2 Å². The number of carbonyl (C=O) groups excluding carboxylic acids is 2. The van der Waals surface area contributed by atoms with E-state index in [2.05, 4.69) is 36.5 Å². The van der Waals surface area contributed by atoms with Crippen molar-refractivity contribution in [1.82, 2.24) is 10.2 Å². The van der Waals surface area contributed by atoms with Gasteiger partial charge in [-0.25, -0.2) is 0 Å². The van der Waals surface area contributed by atoms with Gasteiger partial charge in [-0.15, -0.1) is 0 Å². The van der Waals surface area contributed by atoms with Gasteiger partial charge in [0, 0.05) is 24.0 Å². The molecule has 0 bridgehead atoms. The maximum absolute atomic E-state index is 13.3. The van der Waals surface area contributed by atoms with Gasteiger partial charge in [0.25, 0.3) is 0 Å². The third-order valence-corrected chi connectivity index (χ3v) is 6.11. The van der Waals surface area contributed by atoms with Crippen molar-refractivity contribution >= 4 is 23.4 Å². The first-order valence-electron chi connectivity index (χ1n) is 11.3. The summed E-state index contributed by atoms with van der Waals surface area (Å²) >= 11 is 6.37. The molecule has 0 fully saturated rings. The molecule has 2 aromatic carbocycles. The predicted octanol–water partition coefficient (Wildman–Crippen LogP) is 5.56. The van der Waals surface area contributed by atoms with Gasteiger partial charge in [0.15, 0.2) is 0 Å². The van der Waals surface area contributed by atoms with E-state index in [-0.39, 0.29) is 17.9 Å². The molecule has 0 aromatic heterocycles. The van der Waals surface area contributed by atoms with E-state index in [0.29, 0.717) is 30.8 Å². The highest BCUT2D eigenvalue weighted by Crippen LogP contribution is 2.21. The Morgan fingerprint density at radius 2 is 1.61 bits per heavy atom. The number of rotatable bonds is 11. The number of amides is 2. The van der Waals surface area contributed by atoms with E-state index in [0.717, 1.165) is 24.0 Å². The highest BCUT2D eigenvalue weighted by molar-refractivity contribution is 6.31. The summed E-state index contributed by atoms with van der Waals surface area (Å²) in [6.07, 6.45) is 3.38. The molecule has 2 amide bonds. The zero-order valence-electron chi connectivity index (χ0n) is 19.2. The number of aryl methyl sites for hydroxylation is 2. The maximum atomic E-state index is 13.3. The predicted molar refractivity (Wildman–Crippen MR) is 128 cm³/mol. The second kappa shape index (κ2) is 12.5. The number of benzene rings is 2. The summed E-state index contributed by atoms with van der Waals surface area (Å²) in [7, 11) is 0. The molecular formula is C26H35ClN2O2. The van der Waals surface area contributed by atoms with Gasteiger partial charge in [-0.3, -0.25) is 9.59 Å². The largest absolute Gasteiger partial charge is 0.352 e. The summed E-state index contributed by atoms with van der Waals surface area (Å²) < 4.78 is 0. The summed E-state index contributed by atoms with van der Waals surface area (Å²) in [5.74, 6) is -0.143. The Hall–Kier alpha value is -2.33. The standard InChI is InChI=1S/C26H35ClN2O2/c1-5-19(4)28-26(31)24(7-3)29(18-22-10-8-9-11-23(22)27)25(30)17-16-21-14-12-20(6-2)13-15-21/h8-15,19,24H,5-7,16-18H2,1-4H3,(H,28,31)/t19-,24-/m0/s1. The Balaban J connectivity index is 2.20. The average Bonchev–Trinajstić information content (AvgIpc) is 2.78. The Morgan fingerprint density at radius 3 is 2.19 bits per heavy atom. The molecule has 0 saturated carbocycles. The van der Waals surface area contributed by atoms with Crippen LogP contribution in [0, 0.1) is 0 Å². The van der Waals surface area contributed by atoms with Gasteiger partial charge in [-0.2, -0.15) is 0 Å². The van der Waals surface area contributed by atoms with Gasteiger partial charge in [-0.05, 0) is 55.4 Å². The molecule has 4 nitrogen and oxygen atoms in total. The smallest absolute Gasteiger partial charge is 0.243 e. The van der Waals surface area contributed by atoms with E-state index in [4.69, 9.17) is 11.6 Å². The van der Waals surface area contributed by atoms with Gasteiger partial charge in [0.05, 0.1) is 0 Å². The van der Waals surface area contributed by atoms with Gasteiger partial charge >= 0.3 is 0 Å². The van der Waals surface area contributed by atoms with Crippen LogP contribution in [-0.2, 0) is 29.0 Å². The van der Waals surface area contributed by atoms with Crippen LogP contribution in [0.25, 0.3) is 0 Å². The molecule has 0 saturated heterocycles. The molecule has 0 aliphatic rings. The molecule has 0 aliphatic heterocycles. The quantitative estimate of drug-likeness (QED) is 0.495. The molecule has 1 N–H and O–H groups in total. The molecule has 2 rings (SSSR count). The molecule has 0 unspecified atom stereocenters. The minimum Gasteiger partial charge on any atom is -0.352 e. The second-order valence-electron chi connectivity index (χ2n) is 8.03. The lowest BCUT2D eigenvalue weighted by Crippen LogP contribution is -2.50. The molecule has 5 heteroatoms. The minimum atomic E-state index is -0.528. The summed E-state index contributed by atoms with van der Waals surface area (Å²) in [6.45, 7) is 8.39. The van der Waals surface area contributed by atoms with E-state index < -0.39 is 6.04 Å². The van der Waals surface area contributed by atoms with E-state index in [9.17, 15) is 9.59 Å². The molecule has 2 atom stereocenters. The minimum absolute atomic E-state index is 0.0364. The Kier molecular flexibility index (Phi) is 10.1. The Bertz CT molecular complexity index is 851. The van der Waals surface area contributed by atoms with Crippen molar-refractivity contribution in [1.29, 1.82) is 0 Å². The fraction of sp³-hybridized carbons (Fsp3) is 0.462. The Labute approximate surface area is 192 Å². The number of halogens is 1. The zero-order valence-corrected chi connectivity index (χ0v) is 19.9. The number of nitrogens with one attached hydrogen (secondary N) is 1. The van der Waals surface area contributed by atoms with E-state index in [1.807, 2.05) is 45.0 Å². The lowest BCUT2D eigenvalue weighted by molar-refractivity contribution is -0.141. The van der Waals surface area contributed by atoms with Crippen LogP contribution in [0.2, 0.25) is 5.02 Å². The van der Waals surface area contributed by atoms with Crippen molar-refractivity contribution < 1.29 is 9.59 Å². The van der Waals surface area contributed by atoms with Crippen LogP contribution in [0.1, 0.15) is 63.6 Å². The number of hydrogen-bond acceptors (Lipinski definition) is 2. The van der Waals surface area contributed by atoms with Crippen molar-refractivity contribution in [2.45, 2.75) is 78.4 Å². The topological polar surface area (TPSA) is 49.4 Å². The fourth-order valence-corrected chi connectivity index (χ4v) is 3.70. The van der Waals surface area contributed by atoms with Gasteiger partial charge in [0.2, 0.25) is 11.8 Å². The normalized spacial score (nSPS) is 12.8. The van der Waals surface area contributed by atoms with Crippen LogP contribution in [0.5, 0.6) is 0 Å². The second-order valence-corrected chi connectivity index (χ2v) is 8.43. The van der Waals surface area contributed by atoms with Crippen molar-refractivity contribution in [2.75, 3.05) is 0 Å². The summed E-state index contributed by atoms with van der Waals surface area (Å²) in [4.78, 5) is 28.0. The highest BCUT2D eigenvalue weighted by Gasteiger charge is 2.29. The SMILES string of the molecule is CCc1ccc(CCC(=O)N(Cc2ccccc2Cl)[C@@H](CC)C(=O)N[C@@H](C)CC)cc1. The Morgan fingerprint density at radius 1 is 0.968 bits per heavy atom. The van der Waals surface area contributed by atoms with Crippen molar-refractivity contribution in [2.24, 2.45) is 0 Å². The summed E-state index contributed by atoms with van der Waals surface area (Å²) in [6, 6.07) is 15.4. The molecule has 2 aromatic rings. The van der Waals surface area contributed by atoms with Gasteiger partial charge in [-0.1, -0.05) is 74.8 Å². The number of nitrogens with zero attached hydrogens (tertiary/aromatic N) is 1. The maximum Gasteiger partial charge on any atom is 0.243 e. The van der Waals surface area contributed by atoms with Gasteiger partial charge < -0.3 is 10.2 Å². The zero-order chi connectivity index (χ0) is 22.8. The van der Waals surface area contributed by atoms with Crippen LogP contribution in [0.4, 0.5) is 0 Å². The fourth-order valence-electron chi connectivity index (χ4n) is 3.51.